The minimum Gasteiger partial charge on any atom is -0.462 e. The Morgan fingerprint density at radius 2 is 1.08 bits per heavy atom. The van der Waals surface area contributed by atoms with E-state index in [0.717, 1.165) is 64.2 Å². The number of esters is 2. The third-order valence-electron chi connectivity index (χ3n) is 7.66. The Morgan fingerprint density at radius 3 is 1.69 bits per heavy atom. The van der Waals surface area contributed by atoms with E-state index >= 15 is 0 Å². The maximum atomic E-state index is 12.5. The molecule has 0 aliphatic carbocycles. The van der Waals surface area contributed by atoms with Crippen molar-refractivity contribution in [2.75, 3.05) is 26.4 Å². The second kappa shape index (κ2) is 36.0. The highest BCUT2D eigenvalue weighted by atomic mass is 31.2. The predicted molar refractivity (Wildman–Crippen MR) is 205 cm³/mol. The minimum absolute atomic E-state index is 0.152. The van der Waals surface area contributed by atoms with E-state index in [1.54, 1.807) is 0 Å². The molecule has 0 aromatic heterocycles. The zero-order valence-electron chi connectivity index (χ0n) is 31.5. The summed E-state index contributed by atoms with van der Waals surface area (Å²) in [6, 6.07) is 0. The van der Waals surface area contributed by atoms with Gasteiger partial charge < -0.3 is 24.6 Å². The third-order valence-corrected chi connectivity index (χ3v) is 8.61. The van der Waals surface area contributed by atoms with Crippen molar-refractivity contribution >= 4 is 19.8 Å². The molecule has 10 nitrogen and oxygen atoms in total. The zero-order chi connectivity index (χ0) is 37.7. The molecule has 0 aromatic carbocycles. The summed E-state index contributed by atoms with van der Waals surface area (Å²) in [5.41, 5.74) is 0. The Balaban J connectivity index is 4.48. The molecule has 0 saturated heterocycles. The van der Waals surface area contributed by atoms with Crippen LogP contribution in [0.5, 0.6) is 0 Å². The molecule has 294 valence electrons. The Kier molecular flexibility index (Phi) is 34.4. The molecule has 3 atom stereocenters. The lowest BCUT2D eigenvalue weighted by Crippen LogP contribution is -2.29. The molecule has 0 spiro atoms. The number of hydrogen-bond acceptors (Lipinski definition) is 9. The Bertz CT molecular complexity index is 1040. The van der Waals surface area contributed by atoms with Crippen LogP contribution in [0.3, 0.4) is 0 Å². The SMILES string of the molecule is CC/C=C/C/C=C/C/C=C/C/C=C/CCCCC(=O)OC[C@H](COP(=O)(O)OC[C@@H](O)CO)OC(=O)CCCCC/C=C/CCCCCCCC. The molecule has 0 bridgehead atoms. The molecule has 0 aromatic rings. The topological polar surface area (TPSA) is 149 Å². The van der Waals surface area contributed by atoms with Crippen molar-refractivity contribution in [3.8, 4) is 0 Å². The third kappa shape index (κ3) is 35.8. The second-order valence-corrected chi connectivity index (χ2v) is 14.0. The number of phosphoric acid groups is 1. The van der Waals surface area contributed by atoms with E-state index in [9.17, 15) is 24.2 Å². The number of carbonyl (C=O) groups excluding carboxylic acids is 2. The molecule has 0 aliphatic rings. The standard InChI is InChI=1S/C40H69O10P/c1-3-5-7-9-11-13-15-17-18-20-21-23-25-27-29-31-39(43)47-35-38(36-49-51(45,46)48-34-37(42)33-41)50-40(44)32-30-28-26-24-22-19-16-14-12-10-8-6-4-2/h5,7,11,13,17-19,21-23,37-38,41-42H,3-4,6,8-10,12,14-16,20,24-36H2,1-2H3,(H,45,46)/b7-5+,13-11+,18-17+,22-19+,23-21+/t37-,38+/m0/s1. The summed E-state index contributed by atoms with van der Waals surface area (Å²) in [4.78, 5) is 34.8. The van der Waals surface area contributed by atoms with Gasteiger partial charge in [-0.15, -0.1) is 0 Å². The highest BCUT2D eigenvalue weighted by Crippen LogP contribution is 2.43. The van der Waals surface area contributed by atoms with Gasteiger partial charge in [0.2, 0.25) is 0 Å². The van der Waals surface area contributed by atoms with Crippen LogP contribution in [0.15, 0.2) is 60.8 Å². The van der Waals surface area contributed by atoms with Crippen LogP contribution in [0.25, 0.3) is 0 Å². The van der Waals surface area contributed by atoms with Crippen LogP contribution in [-0.2, 0) is 32.7 Å². The first kappa shape index (κ1) is 48.7. The largest absolute Gasteiger partial charge is 0.472 e. The van der Waals surface area contributed by atoms with Crippen molar-refractivity contribution in [3.05, 3.63) is 60.8 Å². The van der Waals surface area contributed by atoms with Gasteiger partial charge in [-0.2, -0.15) is 0 Å². The molecule has 0 rings (SSSR count). The summed E-state index contributed by atoms with van der Waals surface area (Å²) in [6.07, 6.45) is 37.7. The first-order valence-corrected chi connectivity index (χ1v) is 20.7. The molecule has 0 amide bonds. The number of unbranched alkanes of at least 4 members (excludes halogenated alkanes) is 11. The average Bonchev–Trinajstić information content (AvgIpc) is 3.12. The summed E-state index contributed by atoms with van der Waals surface area (Å²) < 4.78 is 32.5. The lowest BCUT2D eigenvalue weighted by molar-refractivity contribution is -0.161. The number of ether oxygens (including phenoxy) is 2. The molecule has 0 fully saturated rings. The van der Waals surface area contributed by atoms with Crippen molar-refractivity contribution in [2.24, 2.45) is 0 Å². The van der Waals surface area contributed by atoms with Gasteiger partial charge in [-0.3, -0.25) is 18.6 Å². The van der Waals surface area contributed by atoms with Crippen molar-refractivity contribution in [2.45, 2.75) is 154 Å². The lowest BCUT2D eigenvalue weighted by atomic mass is 10.1. The van der Waals surface area contributed by atoms with Crippen molar-refractivity contribution in [1.29, 1.82) is 0 Å². The lowest BCUT2D eigenvalue weighted by Gasteiger charge is -2.20. The molecule has 11 heteroatoms. The fraction of sp³-hybridized carbons (Fsp3) is 0.700. The van der Waals surface area contributed by atoms with E-state index in [4.69, 9.17) is 19.1 Å². The van der Waals surface area contributed by atoms with E-state index in [1.165, 1.54) is 38.5 Å². The fourth-order valence-corrected chi connectivity index (χ4v) is 5.47. The Hall–Kier alpha value is -2.33. The van der Waals surface area contributed by atoms with Gasteiger partial charge in [-0.1, -0.05) is 113 Å². The maximum absolute atomic E-state index is 12.5. The number of aliphatic hydroxyl groups is 2. The highest BCUT2D eigenvalue weighted by molar-refractivity contribution is 7.47. The Morgan fingerprint density at radius 1 is 0.608 bits per heavy atom. The van der Waals surface area contributed by atoms with Gasteiger partial charge in [0.05, 0.1) is 19.8 Å². The molecule has 51 heavy (non-hydrogen) atoms. The maximum Gasteiger partial charge on any atom is 0.472 e. The molecular formula is C40H69O10P. The van der Waals surface area contributed by atoms with E-state index in [1.807, 2.05) is 0 Å². The molecular weight excluding hydrogens is 671 g/mol. The summed E-state index contributed by atoms with van der Waals surface area (Å²) in [5.74, 6) is -0.999. The van der Waals surface area contributed by atoms with Crippen LogP contribution in [0, 0.1) is 0 Å². The van der Waals surface area contributed by atoms with Gasteiger partial charge in [0.1, 0.15) is 12.7 Å². The van der Waals surface area contributed by atoms with E-state index in [2.05, 4.69) is 79.1 Å². The quantitative estimate of drug-likeness (QED) is 0.0248. The van der Waals surface area contributed by atoms with E-state index in [0.29, 0.717) is 12.8 Å². The van der Waals surface area contributed by atoms with E-state index < -0.39 is 51.8 Å². The minimum atomic E-state index is -4.63. The Labute approximate surface area is 308 Å². The number of hydrogen-bond donors (Lipinski definition) is 3. The molecule has 0 saturated carbocycles. The van der Waals surface area contributed by atoms with Gasteiger partial charge in [-0.05, 0) is 77.0 Å². The zero-order valence-corrected chi connectivity index (χ0v) is 32.4. The summed E-state index contributed by atoms with van der Waals surface area (Å²) in [5, 5.41) is 18.3. The van der Waals surface area contributed by atoms with Gasteiger partial charge in [0.15, 0.2) is 6.10 Å². The fourth-order valence-electron chi connectivity index (χ4n) is 4.68. The van der Waals surface area contributed by atoms with Crippen LogP contribution in [0.1, 0.15) is 142 Å². The number of aliphatic hydroxyl groups excluding tert-OH is 2. The van der Waals surface area contributed by atoms with E-state index in [-0.39, 0.29) is 19.4 Å². The van der Waals surface area contributed by atoms with Crippen LogP contribution in [-0.4, -0.2) is 65.7 Å². The van der Waals surface area contributed by atoms with Crippen LogP contribution < -0.4 is 0 Å². The average molecular weight is 741 g/mol. The van der Waals surface area contributed by atoms with Crippen molar-refractivity contribution < 1.29 is 47.8 Å². The number of carbonyl (C=O) groups is 2. The van der Waals surface area contributed by atoms with Crippen molar-refractivity contribution in [3.63, 3.8) is 0 Å². The summed E-state index contributed by atoms with van der Waals surface area (Å²) in [6.45, 7) is 2.16. The van der Waals surface area contributed by atoms with Gasteiger partial charge in [-0.25, -0.2) is 4.57 Å². The molecule has 0 heterocycles. The predicted octanol–water partition coefficient (Wildman–Crippen LogP) is 9.55. The smallest absolute Gasteiger partial charge is 0.462 e. The molecule has 3 N–H and O–H groups in total. The van der Waals surface area contributed by atoms with Crippen molar-refractivity contribution in [1.82, 2.24) is 0 Å². The first-order valence-electron chi connectivity index (χ1n) is 19.2. The van der Waals surface area contributed by atoms with Gasteiger partial charge >= 0.3 is 19.8 Å². The summed E-state index contributed by atoms with van der Waals surface area (Å²) in [7, 11) is -4.63. The first-order chi connectivity index (χ1) is 24.7. The molecule has 0 aliphatic heterocycles. The molecule has 1 unspecified atom stereocenters. The van der Waals surface area contributed by atoms with Crippen LogP contribution in [0.2, 0.25) is 0 Å². The normalized spacial score (nSPS) is 14.7. The number of phosphoric ester groups is 1. The number of rotatable bonds is 35. The number of allylic oxidation sites excluding steroid dienone is 10. The van der Waals surface area contributed by atoms with Gasteiger partial charge in [0.25, 0.3) is 0 Å². The summed E-state index contributed by atoms with van der Waals surface area (Å²) >= 11 is 0. The van der Waals surface area contributed by atoms with Crippen LogP contribution in [0.4, 0.5) is 0 Å². The second-order valence-electron chi connectivity index (χ2n) is 12.6. The van der Waals surface area contributed by atoms with Crippen LogP contribution >= 0.6 is 7.82 Å². The highest BCUT2D eigenvalue weighted by Gasteiger charge is 2.27. The van der Waals surface area contributed by atoms with Gasteiger partial charge in [0, 0.05) is 12.8 Å². The monoisotopic (exact) mass is 740 g/mol. The molecule has 0 radical (unpaired) electrons.